The molecular weight excluding hydrogens is 419 g/mol. The average molecular weight is 438 g/mol. The first kappa shape index (κ1) is 20.3. The molecule has 33 heavy (non-hydrogen) atoms. The summed E-state index contributed by atoms with van der Waals surface area (Å²) in [6.07, 6.45) is 5.15. The smallest absolute Gasteiger partial charge is 0.267 e. The number of aromatic nitrogens is 4. The number of hydrogen-bond donors (Lipinski definition) is 3. The van der Waals surface area contributed by atoms with Crippen LogP contribution in [0.4, 0.5) is 16.0 Å². The highest BCUT2D eigenvalue weighted by Crippen LogP contribution is 2.23. The minimum absolute atomic E-state index is 0.239. The highest BCUT2D eigenvalue weighted by molar-refractivity contribution is 5.98. The van der Waals surface area contributed by atoms with Crippen LogP contribution in [-0.2, 0) is 6.54 Å². The number of amides is 1. The van der Waals surface area contributed by atoms with Gasteiger partial charge in [-0.25, -0.2) is 14.4 Å². The number of halogens is 1. The summed E-state index contributed by atoms with van der Waals surface area (Å²) in [5.41, 5.74) is 4.39. The Bertz CT molecular complexity index is 1430. The van der Waals surface area contributed by atoms with Gasteiger partial charge >= 0.3 is 0 Å². The zero-order valence-electron chi connectivity index (χ0n) is 17.4. The lowest BCUT2D eigenvalue weighted by atomic mass is 10.2. The Morgan fingerprint density at radius 2 is 1.94 bits per heavy atom. The predicted molar refractivity (Wildman–Crippen MR) is 124 cm³/mol. The van der Waals surface area contributed by atoms with Crippen LogP contribution in [0.15, 0.2) is 85.3 Å². The highest BCUT2D eigenvalue weighted by Gasteiger charge is 2.11. The van der Waals surface area contributed by atoms with E-state index in [4.69, 9.17) is 0 Å². The van der Waals surface area contributed by atoms with E-state index in [9.17, 15) is 9.18 Å². The maximum atomic E-state index is 13.3. The Morgan fingerprint density at radius 1 is 1.00 bits per heavy atom. The topological polar surface area (TPSA) is 95.6 Å². The Hall–Kier alpha value is -4.59. The Morgan fingerprint density at radius 3 is 2.79 bits per heavy atom. The standard InChI is InChI=1S/C25H19FN6O/c26-19-5-1-3-16(11-19)14-29-24(33)23-13-18-12-20(6-7-21(18)31-23)30-25-28-10-8-22(32-25)17-4-2-9-27-15-17/h1-13,15,31H,14H2,(H,29,33)(H,28,30,32). The van der Waals surface area contributed by atoms with Gasteiger partial charge < -0.3 is 15.6 Å². The summed E-state index contributed by atoms with van der Waals surface area (Å²) < 4.78 is 13.3. The van der Waals surface area contributed by atoms with Crippen molar-refractivity contribution in [3.05, 3.63) is 102 Å². The number of benzene rings is 2. The minimum Gasteiger partial charge on any atom is -0.351 e. The molecule has 8 heteroatoms. The molecule has 0 atom stereocenters. The average Bonchev–Trinajstić information content (AvgIpc) is 3.27. The second-order valence-electron chi connectivity index (χ2n) is 7.43. The van der Waals surface area contributed by atoms with E-state index in [0.717, 1.165) is 27.8 Å². The molecule has 0 saturated heterocycles. The number of fused-ring (bicyclic) bond motifs is 1. The van der Waals surface area contributed by atoms with E-state index >= 15 is 0 Å². The molecule has 0 radical (unpaired) electrons. The van der Waals surface area contributed by atoms with E-state index in [1.54, 1.807) is 36.8 Å². The Balaban J connectivity index is 1.31. The maximum absolute atomic E-state index is 13.3. The summed E-state index contributed by atoms with van der Waals surface area (Å²) in [7, 11) is 0. The Labute approximate surface area is 188 Å². The molecule has 0 bridgehead atoms. The van der Waals surface area contributed by atoms with Crippen LogP contribution in [-0.4, -0.2) is 25.8 Å². The van der Waals surface area contributed by atoms with Gasteiger partial charge in [-0.2, -0.15) is 0 Å². The van der Waals surface area contributed by atoms with Crippen LogP contribution in [0.3, 0.4) is 0 Å². The third kappa shape index (κ3) is 4.69. The van der Waals surface area contributed by atoms with Crippen molar-refractivity contribution in [3.8, 4) is 11.3 Å². The van der Waals surface area contributed by atoms with Gasteiger partial charge in [-0.05, 0) is 60.2 Å². The van der Waals surface area contributed by atoms with Gasteiger partial charge in [0.2, 0.25) is 5.95 Å². The molecule has 3 N–H and O–H groups in total. The highest BCUT2D eigenvalue weighted by atomic mass is 19.1. The third-order valence-electron chi connectivity index (χ3n) is 5.08. The summed E-state index contributed by atoms with van der Waals surface area (Å²) in [5, 5.41) is 6.87. The number of rotatable bonds is 6. The second-order valence-corrected chi connectivity index (χ2v) is 7.43. The lowest BCUT2D eigenvalue weighted by molar-refractivity contribution is 0.0946. The van der Waals surface area contributed by atoms with Crippen molar-refractivity contribution in [1.29, 1.82) is 0 Å². The van der Waals surface area contributed by atoms with E-state index in [-0.39, 0.29) is 18.3 Å². The predicted octanol–water partition coefficient (Wildman–Crippen LogP) is 4.83. The number of aromatic amines is 1. The SMILES string of the molecule is O=C(NCc1cccc(F)c1)c1cc2cc(Nc3nccc(-c4cccnc4)n3)ccc2[nH]1. The molecule has 1 amide bonds. The summed E-state index contributed by atoms with van der Waals surface area (Å²) in [6, 6.07) is 19.2. The molecule has 3 aromatic heterocycles. The normalized spacial score (nSPS) is 10.8. The first-order valence-corrected chi connectivity index (χ1v) is 10.3. The van der Waals surface area contributed by atoms with E-state index in [1.165, 1.54) is 12.1 Å². The van der Waals surface area contributed by atoms with Gasteiger partial charge in [-0.15, -0.1) is 0 Å². The van der Waals surface area contributed by atoms with Crippen molar-refractivity contribution < 1.29 is 9.18 Å². The van der Waals surface area contributed by atoms with Gasteiger partial charge in [0.05, 0.1) is 5.69 Å². The molecule has 3 heterocycles. The number of anilines is 2. The summed E-state index contributed by atoms with van der Waals surface area (Å²) in [4.78, 5) is 28.6. The number of hydrogen-bond acceptors (Lipinski definition) is 5. The minimum atomic E-state index is -0.331. The van der Waals surface area contributed by atoms with E-state index in [0.29, 0.717) is 17.2 Å². The molecule has 0 fully saturated rings. The number of nitrogens with one attached hydrogen (secondary N) is 3. The van der Waals surface area contributed by atoms with Gasteiger partial charge in [0, 0.05) is 47.3 Å². The summed E-state index contributed by atoms with van der Waals surface area (Å²) >= 11 is 0. The molecule has 0 saturated carbocycles. The molecule has 0 aliphatic carbocycles. The van der Waals surface area contributed by atoms with E-state index in [2.05, 4.69) is 30.6 Å². The van der Waals surface area contributed by atoms with Gasteiger partial charge in [-0.1, -0.05) is 12.1 Å². The van der Waals surface area contributed by atoms with Crippen LogP contribution < -0.4 is 10.6 Å². The second kappa shape index (κ2) is 8.88. The number of carbonyl (C=O) groups excluding carboxylic acids is 1. The summed E-state index contributed by atoms with van der Waals surface area (Å²) in [5.74, 6) is -0.140. The molecule has 5 rings (SSSR count). The van der Waals surface area contributed by atoms with Gasteiger partial charge in [0.25, 0.3) is 5.91 Å². The van der Waals surface area contributed by atoms with Crippen molar-refractivity contribution in [3.63, 3.8) is 0 Å². The van der Waals surface area contributed by atoms with Crippen molar-refractivity contribution in [1.82, 2.24) is 25.3 Å². The largest absolute Gasteiger partial charge is 0.351 e. The van der Waals surface area contributed by atoms with E-state index < -0.39 is 0 Å². The van der Waals surface area contributed by atoms with Crippen LogP contribution in [0.5, 0.6) is 0 Å². The van der Waals surface area contributed by atoms with Crippen LogP contribution in [0.25, 0.3) is 22.2 Å². The fourth-order valence-corrected chi connectivity index (χ4v) is 3.48. The van der Waals surface area contributed by atoms with Crippen LogP contribution in [0.1, 0.15) is 16.1 Å². The fraction of sp³-hybridized carbons (Fsp3) is 0.0400. The molecule has 2 aromatic carbocycles. The van der Waals surface area contributed by atoms with Crippen molar-refractivity contribution in [2.45, 2.75) is 6.54 Å². The third-order valence-corrected chi connectivity index (χ3v) is 5.08. The number of carbonyl (C=O) groups is 1. The zero-order valence-corrected chi connectivity index (χ0v) is 17.4. The molecule has 0 spiro atoms. The quantitative estimate of drug-likeness (QED) is 0.353. The first-order chi connectivity index (χ1) is 16.1. The zero-order chi connectivity index (χ0) is 22.6. The summed E-state index contributed by atoms with van der Waals surface area (Å²) in [6.45, 7) is 0.239. The van der Waals surface area contributed by atoms with Crippen molar-refractivity contribution in [2.75, 3.05) is 5.32 Å². The van der Waals surface area contributed by atoms with E-state index in [1.807, 2.05) is 36.4 Å². The lowest BCUT2D eigenvalue weighted by Gasteiger charge is -2.06. The Kier molecular flexibility index (Phi) is 5.47. The van der Waals surface area contributed by atoms with Gasteiger partial charge in [0.15, 0.2) is 0 Å². The monoisotopic (exact) mass is 438 g/mol. The van der Waals surface area contributed by atoms with Gasteiger partial charge in [0.1, 0.15) is 11.5 Å². The van der Waals surface area contributed by atoms with Crippen LogP contribution in [0, 0.1) is 5.82 Å². The maximum Gasteiger partial charge on any atom is 0.267 e. The number of H-pyrrole nitrogens is 1. The molecule has 7 nitrogen and oxygen atoms in total. The van der Waals surface area contributed by atoms with Crippen molar-refractivity contribution >= 4 is 28.4 Å². The molecular formula is C25H19FN6O. The molecule has 0 unspecified atom stereocenters. The lowest BCUT2D eigenvalue weighted by Crippen LogP contribution is -2.23. The molecule has 5 aromatic rings. The first-order valence-electron chi connectivity index (χ1n) is 10.3. The van der Waals surface area contributed by atoms with Crippen LogP contribution >= 0.6 is 0 Å². The van der Waals surface area contributed by atoms with Gasteiger partial charge in [-0.3, -0.25) is 9.78 Å². The van der Waals surface area contributed by atoms with Crippen LogP contribution in [0.2, 0.25) is 0 Å². The number of pyridine rings is 1. The van der Waals surface area contributed by atoms with Crippen molar-refractivity contribution in [2.24, 2.45) is 0 Å². The molecule has 0 aliphatic rings. The molecule has 162 valence electrons. The number of nitrogens with zero attached hydrogens (tertiary/aromatic N) is 3. The molecule has 0 aliphatic heterocycles. The fourth-order valence-electron chi connectivity index (χ4n) is 3.48.